The van der Waals surface area contributed by atoms with E-state index in [1.165, 1.54) is 37.6 Å². The van der Waals surface area contributed by atoms with Gasteiger partial charge in [0.1, 0.15) is 0 Å². The van der Waals surface area contributed by atoms with Gasteiger partial charge in [0, 0.05) is 15.0 Å². The van der Waals surface area contributed by atoms with Crippen LogP contribution in [0.4, 0.5) is 0 Å². The number of nitrogens with zero attached hydrogens (tertiary/aromatic N) is 3. The van der Waals surface area contributed by atoms with Gasteiger partial charge in [-0.2, -0.15) is 5.21 Å². The molecule has 1 amide bonds. The SMILES string of the molecule is Cc1cc(S[C@@H](c2ccc(C(=O)NCc3nn[nH]n3)s2)C(C)(C)C)cc(C)c1-c1ccc(C(C)(C)C)cc1. The molecule has 0 radical (unpaired) electrons. The number of aryl methyl sites for hydroxylation is 2. The number of H-pyrrole nitrogens is 1. The molecule has 2 N–H and O–H groups in total. The number of carbonyl (C=O) groups is 1. The van der Waals surface area contributed by atoms with Crippen molar-refractivity contribution in [2.75, 3.05) is 0 Å². The number of carbonyl (C=O) groups excluding carboxylic acids is 1. The number of benzene rings is 2. The van der Waals surface area contributed by atoms with Crippen molar-refractivity contribution < 1.29 is 4.79 Å². The Balaban J connectivity index is 1.55. The normalized spacial score (nSPS) is 12.9. The van der Waals surface area contributed by atoms with Gasteiger partial charge in [0.15, 0.2) is 5.82 Å². The maximum Gasteiger partial charge on any atom is 0.261 e. The average Bonchev–Trinajstić information content (AvgIpc) is 3.52. The molecule has 2 aromatic heterocycles. The van der Waals surface area contributed by atoms with Gasteiger partial charge >= 0.3 is 0 Å². The van der Waals surface area contributed by atoms with E-state index in [2.05, 4.69) is 124 Å². The van der Waals surface area contributed by atoms with E-state index >= 15 is 0 Å². The van der Waals surface area contributed by atoms with Crippen LogP contribution in [-0.4, -0.2) is 26.5 Å². The summed E-state index contributed by atoms with van der Waals surface area (Å²) in [5.41, 5.74) is 6.59. The van der Waals surface area contributed by atoms with Crippen molar-refractivity contribution in [1.29, 1.82) is 0 Å². The third kappa shape index (κ3) is 6.53. The minimum atomic E-state index is -0.128. The van der Waals surface area contributed by atoms with Gasteiger partial charge in [-0.1, -0.05) is 71.0 Å². The number of hydrogen-bond acceptors (Lipinski definition) is 6. The maximum atomic E-state index is 12.7. The van der Waals surface area contributed by atoms with E-state index in [1.807, 2.05) is 17.8 Å². The van der Waals surface area contributed by atoms with Gasteiger partial charge in [0.25, 0.3) is 5.91 Å². The molecule has 4 aromatic rings. The Hall–Kier alpha value is -2.97. The van der Waals surface area contributed by atoms with Crippen LogP contribution in [0.15, 0.2) is 53.4 Å². The molecule has 0 unspecified atom stereocenters. The lowest BCUT2D eigenvalue weighted by Gasteiger charge is -2.30. The zero-order chi connectivity index (χ0) is 27.7. The van der Waals surface area contributed by atoms with Gasteiger partial charge in [0.2, 0.25) is 0 Å². The Labute approximate surface area is 234 Å². The molecule has 0 aliphatic carbocycles. The first-order valence-corrected chi connectivity index (χ1v) is 14.5. The second-order valence-corrected chi connectivity index (χ2v) is 14.1. The number of nitrogens with one attached hydrogen (secondary N) is 2. The molecular formula is C30H37N5OS2. The van der Waals surface area contributed by atoms with Gasteiger partial charge in [-0.15, -0.1) is 33.3 Å². The fourth-order valence-electron chi connectivity index (χ4n) is 4.50. The highest BCUT2D eigenvalue weighted by Crippen LogP contribution is 2.50. The molecule has 2 heterocycles. The summed E-state index contributed by atoms with van der Waals surface area (Å²) < 4.78 is 0. The number of amides is 1. The third-order valence-electron chi connectivity index (χ3n) is 6.49. The number of aromatic nitrogens is 4. The molecule has 8 heteroatoms. The van der Waals surface area contributed by atoms with Crippen LogP contribution in [0.5, 0.6) is 0 Å². The molecule has 0 bridgehead atoms. The molecule has 4 rings (SSSR count). The van der Waals surface area contributed by atoms with Crippen molar-refractivity contribution in [1.82, 2.24) is 25.9 Å². The zero-order valence-corrected chi connectivity index (χ0v) is 25.1. The number of thiophene rings is 1. The summed E-state index contributed by atoms with van der Waals surface area (Å²) in [5, 5.41) is 16.8. The van der Waals surface area contributed by atoms with E-state index in [0.29, 0.717) is 10.7 Å². The summed E-state index contributed by atoms with van der Waals surface area (Å²) in [6, 6.07) is 17.6. The Kier molecular flexibility index (Phi) is 8.14. The topological polar surface area (TPSA) is 83.6 Å². The van der Waals surface area contributed by atoms with Crippen LogP contribution in [0.1, 0.15) is 83.9 Å². The largest absolute Gasteiger partial charge is 0.344 e. The Bertz CT molecular complexity index is 1370. The number of hydrogen-bond donors (Lipinski definition) is 2. The zero-order valence-electron chi connectivity index (χ0n) is 23.5. The Morgan fingerprint density at radius 3 is 2.21 bits per heavy atom. The van der Waals surface area contributed by atoms with Crippen LogP contribution < -0.4 is 5.32 Å². The second-order valence-electron chi connectivity index (χ2n) is 11.8. The predicted octanol–water partition coefficient (Wildman–Crippen LogP) is 7.65. The molecule has 0 aliphatic rings. The number of tetrazole rings is 1. The standard InChI is InChI=1S/C30H37N5OS2/c1-18-15-22(16-19(2)26(18)20-9-11-21(12-10-20)29(3,4)5)37-27(30(6,7)8)23-13-14-24(38-23)28(36)31-17-25-32-34-35-33-25/h9-16,27H,17H2,1-8H3,(H,31,36)(H,32,33,34,35)/t27-/m0/s1. The lowest BCUT2D eigenvalue weighted by atomic mass is 9.85. The third-order valence-corrected chi connectivity index (χ3v) is 9.49. The van der Waals surface area contributed by atoms with Gasteiger partial charge in [-0.25, -0.2) is 0 Å². The highest BCUT2D eigenvalue weighted by molar-refractivity contribution is 7.99. The average molecular weight is 548 g/mol. The van der Waals surface area contributed by atoms with Gasteiger partial charge < -0.3 is 5.32 Å². The molecule has 2 aromatic carbocycles. The van der Waals surface area contributed by atoms with Crippen LogP contribution >= 0.6 is 23.1 Å². The molecule has 0 spiro atoms. The van der Waals surface area contributed by atoms with Crippen molar-refractivity contribution in [3.05, 3.63) is 80.8 Å². The minimum absolute atomic E-state index is 0.00281. The lowest BCUT2D eigenvalue weighted by molar-refractivity contribution is 0.0954. The number of aromatic amines is 1. The smallest absolute Gasteiger partial charge is 0.261 e. The molecule has 0 aliphatic heterocycles. The summed E-state index contributed by atoms with van der Waals surface area (Å²) in [6.07, 6.45) is 0. The number of thioether (sulfide) groups is 1. The molecule has 1 atom stereocenters. The van der Waals surface area contributed by atoms with Gasteiger partial charge in [0.05, 0.1) is 11.4 Å². The first kappa shape index (κ1) is 28.0. The molecule has 0 saturated carbocycles. The van der Waals surface area contributed by atoms with Crippen LogP contribution in [0.2, 0.25) is 0 Å². The first-order chi connectivity index (χ1) is 17.8. The van der Waals surface area contributed by atoms with E-state index < -0.39 is 0 Å². The molecule has 0 fully saturated rings. The summed E-state index contributed by atoms with van der Waals surface area (Å²) in [6.45, 7) is 18.1. The summed E-state index contributed by atoms with van der Waals surface area (Å²) in [7, 11) is 0. The van der Waals surface area contributed by atoms with Crippen LogP contribution in [-0.2, 0) is 12.0 Å². The van der Waals surface area contributed by atoms with E-state index in [1.54, 1.807) is 11.3 Å². The highest BCUT2D eigenvalue weighted by Gasteiger charge is 2.30. The van der Waals surface area contributed by atoms with Crippen LogP contribution in [0.25, 0.3) is 11.1 Å². The van der Waals surface area contributed by atoms with E-state index in [4.69, 9.17) is 0 Å². The van der Waals surface area contributed by atoms with Crippen molar-refractivity contribution in [2.45, 2.75) is 77.5 Å². The van der Waals surface area contributed by atoms with Crippen molar-refractivity contribution in [2.24, 2.45) is 5.41 Å². The monoisotopic (exact) mass is 547 g/mol. The maximum absolute atomic E-state index is 12.7. The first-order valence-electron chi connectivity index (χ1n) is 12.8. The summed E-state index contributed by atoms with van der Waals surface area (Å²) in [5.74, 6) is 0.329. The fraction of sp³-hybridized carbons (Fsp3) is 0.400. The molecule has 38 heavy (non-hydrogen) atoms. The predicted molar refractivity (Wildman–Crippen MR) is 158 cm³/mol. The highest BCUT2D eigenvalue weighted by atomic mass is 32.2. The Morgan fingerprint density at radius 2 is 1.66 bits per heavy atom. The summed E-state index contributed by atoms with van der Waals surface area (Å²) >= 11 is 3.42. The van der Waals surface area contributed by atoms with Crippen molar-refractivity contribution >= 4 is 29.0 Å². The Morgan fingerprint density at radius 1 is 1.00 bits per heavy atom. The molecular weight excluding hydrogens is 510 g/mol. The van der Waals surface area contributed by atoms with E-state index in [9.17, 15) is 4.79 Å². The molecule has 200 valence electrons. The summed E-state index contributed by atoms with van der Waals surface area (Å²) in [4.78, 5) is 15.8. The van der Waals surface area contributed by atoms with E-state index in [0.717, 1.165) is 0 Å². The second kappa shape index (κ2) is 11.0. The van der Waals surface area contributed by atoms with E-state index in [-0.39, 0.29) is 28.5 Å². The fourth-order valence-corrected chi connectivity index (χ4v) is 7.25. The van der Waals surface area contributed by atoms with Gasteiger partial charge in [-0.05, 0) is 76.8 Å². The lowest BCUT2D eigenvalue weighted by Crippen LogP contribution is -2.22. The number of rotatable bonds is 7. The van der Waals surface area contributed by atoms with Crippen molar-refractivity contribution in [3.63, 3.8) is 0 Å². The van der Waals surface area contributed by atoms with Crippen molar-refractivity contribution in [3.8, 4) is 11.1 Å². The van der Waals surface area contributed by atoms with Gasteiger partial charge in [-0.3, -0.25) is 4.79 Å². The van der Waals surface area contributed by atoms with Crippen LogP contribution in [0, 0.1) is 19.3 Å². The molecule has 0 saturated heterocycles. The minimum Gasteiger partial charge on any atom is -0.344 e. The molecule has 6 nitrogen and oxygen atoms in total. The van der Waals surface area contributed by atoms with Crippen LogP contribution in [0.3, 0.4) is 0 Å². The quantitative estimate of drug-likeness (QED) is 0.232.